The number of nitrogens with two attached hydrogens (primary N) is 1. The van der Waals surface area contributed by atoms with Crippen molar-refractivity contribution in [2.24, 2.45) is 5.73 Å². The molecule has 0 unspecified atom stereocenters. The molecule has 0 bridgehead atoms. The molecule has 118 valence electrons. The quantitative estimate of drug-likeness (QED) is 0.522. The van der Waals surface area contributed by atoms with Crippen molar-refractivity contribution in [3.05, 3.63) is 23.8 Å². The van der Waals surface area contributed by atoms with Crippen LogP contribution < -0.4 is 15.8 Å². The number of hydrogen-bond donors (Lipinski definition) is 3. The van der Waals surface area contributed by atoms with Gasteiger partial charge in [0.05, 0.1) is 7.11 Å². The number of carbonyl (C=O) groups is 2. The Hall–Kier alpha value is -2.08. The SMILES string of the molecule is CC(=O)NCCCCCN.COc1cc(C=O)ccc1O. The van der Waals surface area contributed by atoms with Crippen molar-refractivity contribution in [3.8, 4) is 11.5 Å². The maximum Gasteiger partial charge on any atom is 0.216 e. The monoisotopic (exact) mass is 296 g/mol. The molecular formula is C15H24N2O4. The number of aldehydes is 1. The predicted octanol–water partition coefficient (Wildman–Crippen LogP) is 1.46. The number of hydrogen-bond acceptors (Lipinski definition) is 5. The van der Waals surface area contributed by atoms with Crippen molar-refractivity contribution in [2.75, 3.05) is 20.2 Å². The summed E-state index contributed by atoms with van der Waals surface area (Å²) in [5, 5.41) is 11.8. The van der Waals surface area contributed by atoms with Gasteiger partial charge in [-0.15, -0.1) is 0 Å². The summed E-state index contributed by atoms with van der Waals surface area (Å²) in [5.74, 6) is 0.403. The average Bonchev–Trinajstić information content (AvgIpc) is 2.48. The van der Waals surface area contributed by atoms with Crippen molar-refractivity contribution in [2.45, 2.75) is 26.2 Å². The molecule has 1 aromatic carbocycles. The van der Waals surface area contributed by atoms with E-state index in [9.17, 15) is 9.59 Å². The smallest absolute Gasteiger partial charge is 0.216 e. The van der Waals surface area contributed by atoms with Crippen LogP contribution in [0, 0.1) is 0 Å². The fourth-order valence-electron chi connectivity index (χ4n) is 1.48. The minimum atomic E-state index is 0.0399. The molecule has 0 aliphatic rings. The Balaban J connectivity index is 0.000000384. The van der Waals surface area contributed by atoms with Crippen molar-refractivity contribution in [3.63, 3.8) is 0 Å². The van der Waals surface area contributed by atoms with Gasteiger partial charge in [-0.25, -0.2) is 0 Å². The second-order valence-corrected chi connectivity index (χ2v) is 4.38. The van der Waals surface area contributed by atoms with E-state index in [-0.39, 0.29) is 11.7 Å². The molecule has 0 fully saturated rings. The average molecular weight is 296 g/mol. The summed E-state index contributed by atoms with van der Waals surface area (Å²) in [4.78, 5) is 20.6. The number of carbonyl (C=O) groups excluding carboxylic acids is 2. The van der Waals surface area contributed by atoms with E-state index < -0.39 is 0 Å². The number of unbranched alkanes of at least 4 members (excludes halogenated alkanes) is 2. The highest BCUT2D eigenvalue weighted by atomic mass is 16.5. The number of amides is 1. The number of rotatable bonds is 7. The van der Waals surface area contributed by atoms with Crippen LogP contribution in [-0.2, 0) is 4.79 Å². The largest absolute Gasteiger partial charge is 0.504 e. The van der Waals surface area contributed by atoms with E-state index in [0.29, 0.717) is 17.6 Å². The maximum atomic E-state index is 10.3. The molecule has 6 nitrogen and oxygen atoms in total. The maximum absolute atomic E-state index is 10.3. The van der Waals surface area contributed by atoms with E-state index >= 15 is 0 Å². The summed E-state index contributed by atoms with van der Waals surface area (Å²) in [6.45, 7) is 3.07. The van der Waals surface area contributed by atoms with Gasteiger partial charge in [0.25, 0.3) is 0 Å². The number of ether oxygens (including phenoxy) is 1. The molecule has 1 aromatic rings. The Kier molecular flexibility index (Phi) is 10.6. The molecule has 0 heterocycles. The summed E-state index contributed by atoms with van der Waals surface area (Å²) in [7, 11) is 1.43. The molecule has 0 atom stereocenters. The summed E-state index contributed by atoms with van der Waals surface area (Å²) < 4.78 is 4.78. The van der Waals surface area contributed by atoms with E-state index in [1.54, 1.807) is 0 Å². The van der Waals surface area contributed by atoms with Crippen molar-refractivity contribution >= 4 is 12.2 Å². The molecule has 0 aliphatic heterocycles. The van der Waals surface area contributed by atoms with Gasteiger partial charge in [-0.1, -0.05) is 6.42 Å². The molecule has 0 saturated carbocycles. The van der Waals surface area contributed by atoms with Crippen LogP contribution in [-0.4, -0.2) is 37.5 Å². The number of phenolic OH excluding ortho intramolecular Hbond substituents is 1. The Labute approximate surface area is 125 Å². The minimum Gasteiger partial charge on any atom is -0.504 e. The van der Waals surface area contributed by atoms with Gasteiger partial charge in [-0.3, -0.25) is 9.59 Å². The van der Waals surface area contributed by atoms with Gasteiger partial charge in [0.2, 0.25) is 5.91 Å². The lowest BCUT2D eigenvalue weighted by Crippen LogP contribution is -2.20. The second-order valence-electron chi connectivity index (χ2n) is 4.38. The standard InChI is InChI=1S/C8H8O3.C7H16N2O/c1-11-8-4-6(5-9)2-3-7(8)10;1-7(10)9-6-4-2-3-5-8/h2-5,10H,1H3;2-6,8H2,1H3,(H,9,10). The normalized spacial score (nSPS) is 9.29. The Morgan fingerprint density at radius 3 is 2.62 bits per heavy atom. The summed E-state index contributed by atoms with van der Waals surface area (Å²) in [5.41, 5.74) is 5.77. The Bertz CT molecular complexity index is 436. The van der Waals surface area contributed by atoms with Crippen LogP contribution in [0.4, 0.5) is 0 Å². The fraction of sp³-hybridized carbons (Fsp3) is 0.467. The molecule has 21 heavy (non-hydrogen) atoms. The Morgan fingerprint density at radius 1 is 1.38 bits per heavy atom. The molecule has 0 aromatic heterocycles. The zero-order valence-corrected chi connectivity index (χ0v) is 12.6. The molecular weight excluding hydrogens is 272 g/mol. The van der Waals surface area contributed by atoms with Crippen molar-refractivity contribution < 1.29 is 19.4 Å². The predicted molar refractivity (Wildman–Crippen MR) is 81.6 cm³/mol. The fourth-order valence-corrected chi connectivity index (χ4v) is 1.48. The first-order valence-corrected chi connectivity index (χ1v) is 6.81. The van der Waals surface area contributed by atoms with Gasteiger partial charge >= 0.3 is 0 Å². The molecule has 1 amide bonds. The third-order valence-electron chi connectivity index (χ3n) is 2.59. The zero-order chi connectivity index (χ0) is 16.1. The number of nitrogens with one attached hydrogen (secondary N) is 1. The number of benzene rings is 1. The molecule has 6 heteroatoms. The van der Waals surface area contributed by atoms with Crippen LogP contribution in [0.15, 0.2) is 18.2 Å². The topological polar surface area (TPSA) is 102 Å². The van der Waals surface area contributed by atoms with Gasteiger partial charge in [0.1, 0.15) is 6.29 Å². The van der Waals surface area contributed by atoms with Crippen LogP contribution in [0.5, 0.6) is 11.5 Å². The van der Waals surface area contributed by atoms with E-state index in [2.05, 4.69) is 5.32 Å². The summed E-state index contributed by atoms with van der Waals surface area (Å²) >= 11 is 0. The molecule has 0 radical (unpaired) electrons. The van der Waals surface area contributed by atoms with Crippen LogP contribution in [0.2, 0.25) is 0 Å². The van der Waals surface area contributed by atoms with E-state index in [0.717, 1.165) is 32.4 Å². The number of methoxy groups -OCH3 is 1. The highest BCUT2D eigenvalue weighted by Gasteiger charge is 2.00. The molecule has 1 rings (SSSR count). The van der Waals surface area contributed by atoms with Gasteiger partial charge in [-0.2, -0.15) is 0 Å². The minimum absolute atomic E-state index is 0.0399. The first-order chi connectivity index (χ1) is 10.0. The van der Waals surface area contributed by atoms with Crippen LogP contribution >= 0.6 is 0 Å². The van der Waals surface area contributed by atoms with Gasteiger partial charge in [0.15, 0.2) is 11.5 Å². The van der Waals surface area contributed by atoms with Crippen LogP contribution in [0.25, 0.3) is 0 Å². The molecule has 4 N–H and O–H groups in total. The number of aromatic hydroxyl groups is 1. The second kappa shape index (κ2) is 11.7. The number of phenols is 1. The van der Waals surface area contributed by atoms with E-state index in [1.807, 2.05) is 0 Å². The molecule has 0 aliphatic carbocycles. The lowest BCUT2D eigenvalue weighted by Gasteiger charge is -2.01. The lowest BCUT2D eigenvalue weighted by atomic mass is 10.2. The highest BCUT2D eigenvalue weighted by molar-refractivity contribution is 5.76. The molecule has 0 spiro atoms. The summed E-state index contributed by atoms with van der Waals surface area (Å²) in [6, 6.07) is 4.41. The van der Waals surface area contributed by atoms with Crippen molar-refractivity contribution in [1.29, 1.82) is 0 Å². The zero-order valence-electron chi connectivity index (χ0n) is 12.6. The first-order valence-electron chi connectivity index (χ1n) is 6.81. The van der Waals surface area contributed by atoms with E-state index in [1.165, 1.54) is 32.2 Å². The van der Waals surface area contributed by atoms with E-state index in [4.69, 9.17) is 15.6 Å². The summed E-state index contributed by atoms with van der Waals surface area (Å²) in [6.07, 6.45) is 3.90. The first kappa shape index (κ1) is 18.9. The van der Waals surface area contributed by atoms with Gasteiger partial charge in [-0.05, 0) is 37.6 Å². The Morgan fingerprint density at radius 2 is 2.10 bits per heavy atom. The van der Waals surface area contributed by atoms with Crippen LogP contribution in [0.3, 0.4) is 0 Å². The lowest BCUT2D eigenvalue weighted by molar-refractivity contribution is -0.118. The third-order valence-corrected chi connectivity index (χ3v) is 2.59. The third kappa shape index (κ3) is 9.45. The van der Waals surface area contributed by atoms with Crippen LogP contribution in [0.1, 0.15) is 36.5 Å². The van der Waals surface area contributed by atoms with Gasteiger partial charge < -0.3 is 20.9 Å². The highest BCUT2D eigenvalue weighted by Crippen LogP contribution is 2.25. The van der Waals surface area contributed by atoms with Crippen molar-refractivity contribution in [1.82, 2.24) is 5.32 Å². The molecule has 0 saturated heterocycles. The van der Waals surface area contributed by atoms with Gasteiger partial charge in [0, 0.05) is 19.0 Å².